The van der Waals surface area contributed by atoms with Crippen molar-refractivity contribution in [2.45, 2.75) is 38.6 Å². The SMILES string of the molecule is C[C@@H]1CCCC[C@H]1Nc1ccc([N+](=O)[O-])cc1-n1cnnc1. The third-order valence-corrected chi connectivity index (χ3v) is 4.34. The maximum Gasteiger partial charge on any atom is 0.271 e. The Morgan fingerprint density at radius 1 is 1.27 bits per heavy atom. The first-order valence-electron chi connectivity index (χ1n) is 7.55. The first-order valence-corrected chi connectivity index (χ1v) is 7.55. The van der Waals surface area contributed by atoms with E-state index in [-0.39, 0.29) is 10.6 Å². The van der Waals surface area contributed by atoms with E-state index in [0.717, 1.165) is 12.1 Å². The van der Waals surface area contributed by atoms with Crippen molar-refractivity contribution in [2.75, 3.05) is 5.32 Å². The summed E-state index contributed by atoms with van der Waals surface area (Å²) in [5, 5.41) is 22.2. The fraction of sp³-hybridized carbons (Fsp3) is 0.467. The van der Waals surface area contributed by atoms with Crippen molar-refractivity contribution in [3.63, 3.8) is 0 Å². The largest absolute Gasteiger partial charge is 0.380 e. The Morgan fingerprint density at radius 3 is 2.68 bits per heavy atom. The Balaban J connectivity index is 1.94. The van der Waals surface area contributed by atoms with E-state index in [1.807, 2.05) is 0 Å². The van der Waals surface area contributed by atoms with Crippen molar-refractivity contribution >= 4 is 11.4 Å². The highest BCUT2D eigenvalue weighted by Crippen LogP contribution is 2.31. The summed E-state index contributed by atoms with van der Waals surface area (Å²) in [6.45, 7) is 2.25. The number of nitro groups is 1. The van der Waals surface area contributed by atoms with Crippen LogP contribution in [0.2, 0.25) is 0 Å². The predicted octanol–water partition coefficient (Wildman–Crippen LogP) is 3.17. The van der Waals surface area contributed by atoms with Crippen LogP contribution < -0.4 is 5.32 Å². The Bertz CT molecular complexity index is 656. The normalized spacial score (nSPS) is 21.5. The number of hydrogen-bond acceptors (Lipinski definition) is 5. The van der Waals surface area contributed by atoms with Crippen molar-refractivity contribution in [3.05, 3.63) is 41.0 Å². The van der Waals surface area contributed by atoms with Gasteiger partial charge in [-0.3, -0.25) is 14.7 Å². The average Bonchev–Trinajstić information content (AvgIpc) is 3.04. The average molecular weight is 301 g/mol. The number of non-ortho nitro benzene ring substituents is 1. The van der Waals surface area contributed by atoms with Crippen molar-refractivity contribution in [2.24, 2.45) is 5.92 Å². The fourth-order valence-electron chi connectivity index (χ4n) is 3.02. The lowest BCUT2D eigenvalue weighted by molar-refractivity contribution is -0.384. The van der Waals surface area contributed by atoms with Gasteiger partial charge in [-0.2, -0.15) is 0 Å². The van der Waals surface area contributed by atoms with Crippen molar-refractivity contribution in [1.29, 1.82) is 0 Å². The molecule has 0 unspecified atom stereocenters. The summed E-state index contributed by atoms with van der Waals surface area (Å²) in [5.41, 5.74) is 1.65. The van der Waals surface area contributed by atoms with E-state index in [9.17, 15) is 10.1 Å². The lowest BCUT2D eigenvalue weighted by Crippen LogP contribution is -2.30. The maximum absolute atomic E-state index is 11.0. The molecule has 0 bridgehead atoms. The van der Waals surface area contributed by atoms with E-state index >= 15 is 0 Å². The Hall–Kier alpha value is -2.44. The molecule has 22 heavy (non-hydrogen) atoms. The molecular weight excluding hydrogens is 282 g/mol. The van der Waals surface area contributed by atoms with Gasteiger partial charge in [-0.1, -0.05) is 19.8 Å². The molecule has 1 aromatic heterocycles. The minimum atomic E-state index is -0.388. The van der Waals surface area contributed by atoms with E-state index in [1.165, 1.54) is 25.3 Å². The van der Waals surface area contributed by atoms with Gasteiger partial charge >= 0.3 is 0 Å². The van der Waals surface area contributed by atoms with E-state index in [0.29, 0.717) is 17.6 Å². The minimum Gasteiger partial charge on any atom is -0.380 e. The Morgan fingerprint density at radius 2 is 2.00 bits per heavy atom. The third-order valence-electron chi connectivity index (χ3n) is 4.34. The van der Waals surface area contributed by atoms with Gasteiger partial charge in [-0.05, 0) is 24.8 Å². The summed E-state index contributed by atoms with van der Waals surface area (Å²) in [6.07, 6.45) is 7.93. The monoisotopic (exact) mass is 301 g/mol. The predicted molar refractivity (Wildman–Crippen MR) is 83.1 cm³/mol. The van der Waals surface area contributed by atoms with Crippen LogP contribution in [0.4, 0.5) is 11.4 Å². The molecule has 2 aromatic rings. The van der Waals surface area contributed by atoms with Crippen LogP contribution in [0.15, 0.2) is 30.9 Å². The Labute approximate surface area is 128 Å². The van der Waals surface area contributed by atoms with Crippen molar-refractivity contribution in [3.8, 4) is 5.69 Å². The number of rotatable bonds is 4. The maximum atomic E-state index is 11.0. The molecule has 1 aliphatic carbocycles. The van der Waals surface area contributed by atoms with Gasteiger partial charge in [0.05, 0.1) is 16.3 Å². The number of nitrogens with one attached hydrogen (secondary N) is 1. The second kappa shape index (κ2) is 6.13. The van der Waals surface area contributed by atoms with E-state index in [1.54, 1.807) is 29.4 Å². The molecule has 1 aliphatic rings. The molecule has 1 heterocycles. The van der Waals surface area contributed by atoms with Gasteiger partial charge in [-0.25, -0.2) is 0 Å². The highest BCUT2D eigenvalue weighted by atomic mass is 16.6. The molecule has 2 atom stereocenters. The fourth-order valence-corrected chi connectivity index (χ4v) is 3.02. The summed E-state index contributed by atoms with van der Waals surface area (Å²) in [5.74, 6) is 0.595. The quantitative estimate of drug-likeness (QED) is 0.692. The van der Waals surface area contributed by atoms with Gasteiger partial charge in [0, 0.05) is 18.2 Å². The van der Waals surface area contributed by atoms with Crippen LogP contribution in [0.5, 0.6) is 0 Å². The molecule has 1 saturated carbocycles. The van der Waals surface area contributed by atoms with Crippen LogP contribution in [0.25, 0.3) is 5.69 Å². The molecule has 7 nitrogen and oxygen atoms in total. The van der Waals surface area contributed by atoms with Crippen LogP contribution in [0.3, 0.4) is 0 Å². The van der Waals surface area contributed by atoms with Gasteiger partial charge in [0.15, 0.2) is 0 Å². The number of anilines is 1. The number of nitro benzene ring substituents is 1. The minimum absolute atomic E-state index is 0.0611. The molecule has 116 valence electrons. The molecule has 3 rings (SSSR count). The highest BCUT2D eigenvalue weighted by molar-refractivity contribution is 5.65. The second-order valence-electron chi connectivity index (χ2n) is 5.84. The van der Waals surface area contributed by atoms with Crippen LogP contribution in [0.1, 0.15) is 32.6 Å². The van der Waals surface area contributed by atoms with E-state index < -0.39 is 0 Å². The van der Waals surface area contributed by atoms with Crippen molar-refractivity contribution < 1.29 is 4.92 Å². The number of hydrogen-bond donors (Lipinski definition) is 1. The molecule has 0 radical (unpaired) electrons. The van der Waals surface area contributed by atoms with Crippen LogP contribution in [-0.4, -0.2) is 25.7 Å². The lowest BCUT2D eigenvalue weighted by atomic mass is 9.86. The summed E-state index contributed by atoms with van der Waals surface area (Å²) in [6, 6.07) is 5.25. The summed E-state index contributed by atoms with van der Waals surface area (Å²) in [7, 11) is 0. The van der Waals surface area contributed by atoms with Crippen LogP contribution >= 0.6 is 0 Å². The molecule has 1 fully saturated rings. The molecular formula is C15H19N5O2. The zero-order chi connectivity index (χ0) is 15.5. The molecule has 1 aromatic carbocycles. The molecule has 0 spiro atoms. The summed E-state index contributed by atoms with van der Waals surface area (Å²) < 4.78 is 1.70. The van der Waals surface area contributed by atoms with E-state index in [2.05, 4.69) is 22.4 Å². The molecule has 0 aliphatic heterocycles. The molecule has 0 amide bonds. The first-order chi connectivity index (χ1) is 10.6. The van der Waals surface area contributed by atoms with Gasteiger partial charge in [0.2, 0.25) is 0 Å². The summed E-state index contributed by atoms with van der Waals surface area (Å²) >= 11 is 0. The van der Waals surface area contributed by atoms with Crippen LogP contribution in [-0.2, 0) is 0 Å². The number of benzene rings is 1. The lowest BCUT2D eigenvalue weighted by Gasteiger charge is -2.31. The van der Waals surface area contributed by atoms with Crippen LogP contribution in [0, 0.1) is 16.0 Å². The van der Waals surface area contributed by atoms with Gasteiger partial charge in [0.25, 0.3) is 5.69 Å². The second-order valence-corrected chi connectivity index (χ2v) is 5.84. The summed E-state index contributed by atoms with van der Waals surface area (Å²) in [4.78, 5) is 10.6. The smallest absolute Gasteiger partial charge is 0.271 e. The van der Waals surface area contributed by atoms with Crippen molar-refractivity contribution in [1.82, 2.24) is 14.8 Å². The Kier molecular flexibility index (Phi) is 4.04. The van der Waals surface area contributed by atoms with E-state index in [4.69, 9.17) is 0 Å². The van der Waals surface area contributed by atoms with Gasteiger partial charge < -0.3 is 5.32 Å². The number of aromatic nitrogens is 3. The zero-order valence-electron chi connectivity index (χ0n) is 12.5. The molecule has 7 heteroatoms. The first kappa shape index (κ1) is 14.5. The topological polar surface area (TPSA) is 85.9 Å². The van der Waals surface area contributed by atoms with Gasteiger partial charge in [0.1, 0.15) is 12.7 Å². The molecule has 1 N–H and O–H groups in total. The third kappa shape index (κ3) is 2.93. The zero-order valence-corrected chi connectivity index (χ0v) is 12.5. The molecule has 0 saturated heterocycles. The number of nitrogens with zero attached hydrogens (tertiary/aromatic N) is 4. The van der Waals surface area contributed by atoms with Gasteiger partial charge in [-0.15, -0.1) is 10.2 Å². The standard InChI is InChI=1S/C15H19N5O2/c1-11-4-2-3-5-13(11)18-14-7-6-12(20(21)22)8-15(14)19-9-16-17-10-19/h6-11,13,18H,2-5H2,1H3/t11-,13-/m1/s1. The highest BCUT2D eigenvalue weighted by Gasteiger charge is 2.22.